The van der Waals surface area contributed by atoms with Crippen LogP contribution in [-0.4, -0.2) is 11.8 Å². The van der Waals surface area contributed by atoms with Crippen molar-refractivity contribution in [2.24, 2.45) is 17.1 Å². The summed E-state index contributed by atoms with van der Waals surface area (Å²) >= 11 is 0. The first-order valence-electron chi connectivity index (χ1n) is 3.72. The summed E-state index contributed by atoms with van der Waals surface area (Å²) in [5.41, 5.74) is 5.78. The average molecular weight is 141 g/mol. The van der Waals surface area contributed by atoms with Crippen LogP contribution < -0.4 is 5.73 Å². The fourth-order valence-electron chi connectivity index (χ4n) is 1.65. The summed E-state index contributed by atoms with van der Waals surface area (Å²) in [6.45, 7) is 5.78. The van der Waals surface area contributed by atoms with Gasteiger partial charge in [0.2, 0.25) is 0 Å². The second-order valence-corrected chi connectivity index (χ2v) is 3.83. The predicted octanol–water partition coefficient (Wildman–Crippen LogP) is 0.949. The number of carbonyl (C=O) groups excluding carboxylic acids is 1. The highest BCUT2D eigenvalue weighted by atomic mass is 16.1. The molecule has 0 unspecified atom stereocenters. The summed E-state index contributed by atoms with van der Waals surface area (Å²) in [4.78, 5) is 10.9. The molecule has 0 aromatic rings. The van der Waals surface area contributed by atoms with Crippen LogP contribution in [0.3, 0.4) is 0 Å². The minimum absolute atomic E-state index is 0.0475. The van der Waals surface area contributed by atoms with Gasteiger partial charge in [-0.25, -0.2) is 0 Å². The molecule has 0 bridgehead atoms. The van der Waals surface area contributed by atoms with E-state index in [-0.39, 0.29) is 23.2 Å². The van der Waals surface area contributed by atoms with Crippen molar-refractivity contribution < 1.29 is 4.79 Å². The summed E-state index contributed by atoms with van der Waals surface area (Å²) in [6, 6.07) is 0.224. The lowest BCUT2D eigenvalue weighted by molar-refractivity contribution is -0.131. The molecule has 2 nitrogen and oxygen atoms in total. The van der Waals surface area contributed by atoms with Crippen LogP contribution in [0.4, 0.5) is 0 Å². The van der Waals surface area contributed by atoms with E-state index in [2.05, 4.69) is 13.8 Å². The van der Waals surface area contributed by atoms with E-state index in [1.54, 1.807) is 6.92 Å². The van der Waals surface area contributed by atoms with Gasteiger partial charge in [0.15, 0.2) is 0 Å². The molecular weight excluding hydrogens is 126 g/mol. The predicted molar refractivity (Wildman–Crippen MR) is 40.5 cm³/mol. The number of hydrogen-bond donors (Lipinski definition) is 1. The van der Waals surface area contributed by atoms with Gasteiger partial charge in [-0.3, -0.25) is 4.79 Å². The van der Waals surface area contributed by atoms with E-state index < -0.39 is 0 Å². The third-order valence-electron chi connectivity index (χ3n) is 2.83. The van der Waals surface area contributed by atoms with E-state index in [1.165, 1.54) is 0 Å². The van der Waals surface area contributed by atoms with Crippen LogP contribution in [0.15, 0.2) is 0 Å². The van der Waals surface area contributed by atoms with Gasteiger partial charge in [0, 0.05) is 12.0 Å². The van der Waals surface area contributed by atoms with Gasteiger partial charge < -0.3 is 5.73 Å². The Morgan fingerprint density at radius 2 is 2.10 bits per heavy atom. The lowest BCUT2D eigenvalue weighted by Gasteiger charge is -2.49. The van der Waals surface area contributed by atoms with Crippen molar-refractivity contribution in [1.82, 2.24) is 0 Å². The molecule has 0 radical (unpaired) electrons. The molecule has 0 aromatic heterocycles. The molecule has 58 valence electrons. The standard InChI is InChI=1S/C8H15NO/c1-5(10)6-4-7(9)8(6,2)3/h6-7H,4,9H2,1-3H3/t6-,7-/m0/s1. The Balaban J connectivity index is 2.63. The second-order valence-electron chi connectivity index (χ2n) is 3.83. The molecule has 2 heteroatoms. The lowest BCUT2D eigenvalue weighted by atomic mass is 9.58. The van der Waals surface area contributed by atoms with Crippen LogP contribution in [0.25, 0.3) is 0 Å². The minimum Gasteiger partial charge on any atom is -0.327 e. The molecule has 10 heavy (non-hydrogen) atoms. The van der Waals surface area contributed by atoms with E-state index in [0.717, 1.165) is 6.42 Å². The highest BCUT2D eigenvalue weighted by Crippen LogP contribution is 2.45. The first-order valence-corrected chi connectivity index (χ1v) is 3.72. The molecular formula is C8H15NO. The summed E-state index contributed by atoms with van der Waals surface area (Å²) in [6.07, 6.45) is 0.877. The molecule has 0 saturated heterocycles. The van der Waals surface area contributed by atoms with Gasteiger partial charge in [0.1, 0.15) is 5.78 Å². The highest BCUT2D eigenvalue weighted by molar-refractivity contribution is 5.80. The summed E-state index contributed by atoms with van der Waals surface area (Å²) in [5.74, 6) is 0.495. The van der Waals surface area contributed by atoms with Gasteiger partial charge in [-0.15, -0.1) is 0 Å². The Kier molecular flexibility index (Phi) is 1.59. The Morgan fingerprint density at radius 3 is 2.20 bits per heavy atom. The van der Waals surface area contributed by atoms with Crippen molar-refractivity contribution in [3.8, 4) is 0 Å². The molecule has 0 amide bonds. The van der Waals surface area contributed by atoms with E-state index in [0.29, 0.717) is 0 Å². The van der Waals surface area contributed by atoms with Gasteiger partial charge in [0.05, 0.1) is 0 Å². The maximum Gasteiger partial charge on any atom is 0.133 e. The lowest BCUT2D eigenvalue weighted by Crippen LogP contribution is -2.56. The van der Waals surface area contributed by atoms with Gasteiger partial charge in [-0.1, -0.05) is 13.8 Å². The molecule has 1 aliphatic rings. The van der Waals surface area contributed by atoms with Gasteiger partial charge >= 0.3 is 0 Å². The molecule has 0 heterocycles. The number of Topliss-reactive ketones (excluding diaryl/α,β-unsaturated/α-hetero) is 1. The molecule has 1 fully saturated rings. The SMILES string of the molecule is CC(=O)[C@@H]1C[C@H](N)C1(C)C. The van der Waals surface area contributed by atoms with Crippen LogP contribution >= 0.6 is 0 Å². The van der Waals surface area contributed by atoms with Crippen molar-refractivity contribution >= 4 is 5.78 Å². The number of hydrogen-bond acceptors (Lipinski definition) is 2. The molecule has 2 atom stereocenters. The Bertz CT molecular complexity index is 163. The maximum absolute atomic E-state index is 10.9. The molecule has 1 rings (SSSR count). The molecule has 0 spiro atoms. The minimum atomic E-state index is 0.0475. The highest BCUT2D eigenvalue weighted by Gasteiger charge is 2.48. The number of rotatable bonds is 1. The van der Waals surface area contributed by atoms with Crippen molar-refractivity contribution in [3.05, 3.63) is 0 Å². The summed E-state index contributed by atoms with van der Waals surface area (Å²) in [5, 5.41) is 0. The van der Waals surface area contributed by atoms with E-state index >= 15 is 0 Å². The van der Waals surface area contributed by atoms with Crippen LogP contribution in [0.2, 0.25) is 0 Å². The summed E-state index contributed by atoms with van der Waals surface area (Å²) in [7, 11) is 0. The first kappa shape index (κ1) is 7.73. The van der Waals surface area contributed by atoms with Gasteiger partial charge in [0.25, 0.3) is 0 Å². The quantitative estimate of drug-likeness (QED) is 0.590. The average Bonchev–Trinajstić information content (AvgIpc) is 1.82. The van der Waals surface area contributed by atoms with Gasteiger partial charge in [-0.2, -0.15) is 0 Å². The van der Waals surface area contributed by atoms with Crippen LogP contribution in [0.1, 0.15) is 27.2 Å². The van der Waals surface area contributed by atoms with E-state index in [1.807, 2.05) is 0 Å². The van der Waals surface area contributed by atoms with Crippen molar-refractivity contribution in [3.63, 3.8) is 0 Å². The summed E-state index contributed by atoms with van der Waals surface area (Å²) < 4.78 is 0. The third kappa shape index (κ3) is 0.870. The third-order valence-corrected chi connectivity index (χ3v) is 2.83. The number of nitrogens with two attached hydrogens (primary N) is 1. The van der Waals surface area contributed by atoms with E-state index in [9.17, 15) is 4.79 Å². The normalized spacial score (nSPS) is 36.8. The van der Waals surface area contributed by atoms with Crippen LogP contribution in [-0.2, 0) is 4.79 Å². The largest absolute Gasteiger partial charge is 0.327 e. The smallest absolute Gasteiger partial charge is 0.133 e. The van der Waals surface area contributed by atoms with Gasteiger partial charge in [-0.05, 0) is 18.8 Å². The Hall–Kier alpha value is -0.370. The zero-order chi connectivity index (χ0) is 7.94. The molecule has 1 aliphatic carbocycles. The fraction of sp³-hybridized carbons (Fsp3) is 0.875. The zero-order valence-electron chi connectivity index (χ0n) is 6.85. The Morgan fingerprint density at radius 1 is 1.60 bits per heavy atom. The van der Waals surface area contributed by atoms with Crippen LogP contribution in [0, 0.1) is 11.3 Å². The van der Waals surface area contributed by atoms with Crippen molar-refractivity contribution in [1.29, 1.82) is 0 Å². The van der Waals surface area contributed by atoms with Crippen molar-refractivity contribution in [2.45, 2.75) is 33.2 Å². The van der Waals surface area contributed by atoms with Crippen LogP contribution in [0.5, 0.6) is 0 Å². The fourth-order valence-corrected chi connectivity index (χ4v) is 1.65. The monoisotopic (exact) mass is 141 g/mol. The molecule has 0 aliphatic heterocycles. The Labute approximate surface area is 61.8 Å². The molecule has 0 aromatic carbocycles. The second kappa shape index (κ2) is 2.06. The zero-order valence-corrected chi connectivity index (χ0v) is 6.85. The van der Waals surface area contributed by atoms with E-state index in [4.69, 9.17) is 5.73 Å². The van der Waals surface area contributed by atoms with Crippen molar-refractivity contribution in [2.75, 3.05) is 0 Å². The molecule has 1 saturated carbocycles. The maximum atomic E-state index is 10.9. The number of ketones is 1. The topological polar surface area (TPSA) is 43.1 Å². The first-order chi connectivity index (χ1) is 4.46. The molecule has 2 N–H and O–H groups in total. The number of carbonyl (C=O) groups is 1.